The molecule has 2 N–H and O–H groups in total. The van der Waals surface area contributed by atoms with Gasteiger partial charge in [0, 0.05) is 5.41 Å². The van der Waals surface area contributed by atoms with Crippen LogP contribution in [0.15, 0.2) is 48.5 Å². The van der Waals surface area contributed by atoms with Crippen molar-refractivity contribution in [2.45, 2.75) is 37.5 Å². The third-order valence-electron chi connectivity index (χ3n) is 4.77. The van der Waals surface area contributed by atoms with E-state index in [4.69, 9.17) is 9.84 Å². The number of hydrogen-bond donors (Lipinski definition) is 2. The fourth-order valence-electron chi connectivity index (χ4n) is 3.62. The second-order valence-corrected chi connectivity index (χ2v) is 5.99. The molecule has 0 bridgehead atoms. The lowest BCUT2D eigenvalue weighted by atomic mass is 9.65. The van der Waals surface area contributed by atoms with Crippen LogP contribution in [-0.4, -0.2) is 17.0 Å². The van der Waals surface area contributed by atoms with Crippen molar-refractivity contribution in [2.24, 2.45) is 0 Å². The summed E-state index contributed by atoms with van der Waals surface area (Å²) in [5, 5.41) is 18.4. The molecule has 0 saturated heterocycles. The zero-order valence-corrected chi connectivity index (χ0v) is 12.7. The maximum absolute atomic E-state index is 9.56. The second-order valence-electron chi connectivity index (χ2n) is 5.99. The van der Waals surface area contributed by atoms with E-state index in [1.54, 1.807) is 12.1 Å². The van der Waals surface area contributed by atoms with Crippen molar-refractivity contribution < 1.29 is 14.9 Å². The molecule has 2 aromatic carbocycles. The van der Waals surface area contributed by atoms with Crippen LogP contribution in [0.4, 0.5) is 0 Å². The average Bonchev–Trinajstić information content (AvgIpc) is 2.57. The van der Waals surface area contributed by atoms with E-state index < -0.39 is 0 Å². The summed E-state index contributed by atoms with van der Waals surface area (Å²) in [6.45, 7) is -0.303. The second kappa shape index (κ2) is 6.41. The van der Waals surface area contributed by atoms with Crippen molar-refractivity contribution in [2.75, 3.05) is 6.79 Å². The van der Waals surface area contributed by atoms with Gasteiger partial charge in [0.2, 0.25) is 0 Å². The zero-order chi connectivity index (χ0) is 15.4. The molecule has 0 amide bonds. The van der Waals surface area contributed by atoms with Gasteiger partial charge in [-0.25, -0.2) is 0 Å². The van der Waals surface area contributed by atoms with E-state index in [9.17, 15) is 5.11 Å². The number of aliphatic hydroxyl groups is 1. The lowest BCUT2D eigenvalue weighted by molar-refractivity contribution is 0.0985. The summed E-state index contributed by atoms with van der Waals surface area (Å²) in [5.41, 5.74) is 2.56. The normalized spacial score (nSPS) is 17.1. The zero-order valence-electron chi connectivity index (χ0n) is 12.7. The molecule has 1 aliphatic rings. The van der Waals surface area contributed by atoms with Gasteiger partial charge in [0.1, 0.15) is 11.5 Å². The first-order valence-electron chi connectivity index (χ1n) is 7.88. The highest BCUT2D eigenvalue weighted by Crippen LogP contribution is 2.45. The van der Waals surface area contributed by atoms with Crippen LogP contribution in [0.5, 0.6) is 11.5 Å². The van der Waals surface area contributed by atoms with Crippen molar-refractivity contribution in [1.29, 1.82) is 0 Å². The van der Waals surface area contributed by atoms with E-state index in [0.29, 0.717) is 11.5 Å². The summed E-state index contributed by atoms with van der Waals surface area (Å²) in [6.07, 6.45) is 5.97. The molecule has 1 aliphatic carbocycles. The Bertz CT molecular complexity index is 596. The number of phenols is 1. The Morgan fingerprint density at radius 2 is 1.36 bits per heavy atom. The van der Waals surface area contributed by atoms with Gasteiger partial charge in [0.05, 0.1) is 0 Å². The van der Waals surface area contributed by atoms with Gasteiger partial charge in [0.15, 0.2) is 6.79 Å². The fourth-order valence-corrected chi connectivity index (χ4v) is 3.62. The molecule has 0 unspecified atom stereocenters. The van der Waals surface area contributed by atoms with Crippen LogP contribution in [-0.2, 0) is 5.41 Å². The first kappa shape index (κ1) is 14.9. The molecule has 22 heavy (non-hydrogen) atoms. The smallest absolute Gasteiger partial charge is 0.186 e. The lowest BCUT2D eigenvalue weighted by Gasteiger charge is -2.38. The summed E-state index contributed by atoms with van der Waals surface area (Å²) in [7, 11) is 0. The largest absolute Gasteiger partial charge is 0.508 e. The third-order valence-corrected chi connectivity index (χ3v) is 4.77. The van der Waals surface area contributed by atoms with Crippen molar-refractivity contribution >= 4 is 0 Å². The third kappa shape index (κ3) is 2.81. The number of benzene rings is 2. The van der Waals surface area contributed by atoms with Gasteiger partial charge in [0.25, 0.3) is 0 Å². The summed E-state index contributed by atoms with van der Waals surface area (Å²) in [5.74, 6) is 0.990. The van der Waals surface area contributed by atoms with Crippen LogP contribution in [0.25, 0.3) is 0 Å². The average molecular weight is 298 g/mol. The SMILES string of the molecule is OCOc1ccc(C2(c3ccc(O)cc3)CCCCC2)cc1. The Morgan fingerprint density at radius 1 is 0.818 bits per heavy atom. The minimum absolute atomic E-state index is 0.0176. The standard InChI is InChI=1S/C19H22O3/c20-14-22-18-10-6-16(7-11-18)19(12-2-1-3-13-19)15-4-8-17(21)9-5-15/h4-11,20-21H,1-3,12-14H2. The molecule has 3 rings (SSSR count). The molecule has 3 nitrogen and oxygen atoms in total. The van der Waals surface area contributed by atoms with E-state index in [1.165, 1.54) is 30.4 Å². The number of phenolic OH excluding ortho intramolecular Hbond substituents is 1. The Labute approximate surface area is 131 Å². The minimum atomic E-state index is -0.303. The van der Waals surface area contributed by atoms with E-state index in [2.05, 4.69) is 12.1 Å². The van der Waals surface area contributed by atoms with Crippen molar-refractivity contribution in [3.63, 3.8) is 0 Å². The summed E-state index contributed by atoms with van der Waals surface area (Å²) >= 11 is 0. The molecule has 116 valence electrons. The van der Waals surface area contributed by atoms with Gasteiger partial charge in [-0.05, 0) is 48.2 Å². The number of rotatable bonds is 4. The molecular formula is C19H22O3. The fraction of sp³-hybridized carbons (Fsp3) is 0.368. The molecule has 0 aromatic heterocycles. The van der Waals surface area contributed by atoms with Crippen LogP contribution in [0, 0.1) is 0 Å². The number of ether oxygens (including phenoxy) is 1. The number of aromatic hydroxyl groups is 1. The Balaban J connectivity index is 2.00. The van der Waals surface area contributed by atoms with Crippen molar-refractivity contribution in [3.05, 3.63) is 59.7 Å². The Kier molecular flexibility index (Phi) is 4.34. The van der Waals surface area contributed by atoms with E-state index in [1.807, 2.05) is 24.3 Å². The topological polar surface area (TPSA) is 49.7 Å². The Hall–Kier alpha value is -2.00. The summed E-state index contributed by atoms with van der Waals surface area (Å²) in [4.78, 5) is 0. The quantitative estimate of drug-likeness (QED) is 0.840. The van der Waals surface area contributed by atoms with E-state index in [-0.39, 0.29) is 12.2 Å². The van der Waals surface area contributed by atoms with Gasteiger partial charge >= 0.3 is 0 Å². The molecule has 3 heteroatoms. The monoisotopic (exact) mass is 298 g/mol. The first-order chi connectivity index (χ1) is 10.7. The van der Waals surface area contributed by atoms with Crippen LogP contribution < -0.4 is 4.74 Å². The van der Waals surface area contributed by atoms with Crippen LogP contribution in [0.3, 0.4) is 0 Å². The van der Waals surface area contributed by atoms with E-state index in [0.717, 1.165) is 12.8 Å². The Morgan fingerprint density at radius 3 is 1.91 bits per heavy atom. The highest BCUT2D eigenvalue weighted by Gasteiger charge is 2.35. The summed E-state index contributed by atoms with van der Waals surface area (Å²) < 4.78 is 5.13. The molecule has 2 aromatic rings. The van der Waals surface area contributed by atoms with Gasteiger partial charge < -0.3 is 14.9 Å². The maximum Gasteiger partial charge on any atom is 0.186 e. The molecule has 0 heterocycles. The van der Waals surface area contributed by atoms with Crippen LogP contribution >= 0.6 is 0 Å². The first-order valence-corrected chi connectivity index (χ1v) is 7.88. The summed E-state index contributed by atoms with van der Waals surface area (Å²) in [6, 6.07) is 15.7. The molecule has 0 aliphatic heterocycles. The highest BCUT2D eigenvalue weighted by molar-refractivity contribution is 5.43. The number of aliphatic hydroxyl groups excluding tert-OH is 1. The van der Waals surface area contributed by atoms with Crippen LogP contribution in [0.1, 0.15) is 43.2 Å². The highest BCUT2D eigenvalue weighted by atomic mass is 16.6. The predicted molar refractivity (Wildman–Crippen MR) is 86.1 cm³/mol. The van der Waals surface area contributed by atoms with Gasteiger partial charge in [-0.3, -0.25) is 0 Å². The van der Waals surface area contributed by atoms with Crippen molar-refractivity contribution in [1.82, 2.24) is 0 Å². The van der Waals surface area contributed by atoms with Crippen LogP contribution in [0.2, 0.25) is 0 Å². The predicted octanol–water partition coefficient (Wildman–Crippen LogP) is 3.97. The molecule has 1 saturated carbocycles. The minimum Gasteiger partial charge on any atom is -0.508 e. The molecule has 0 spiro atoms. The van der Waals surface area contributed by atoms with Gasteiger partial charge in [-0.1, -0.05) is 43.5 Å². The maximum atomic E-state index is 9.56. The van der Waals surface area contributed by atoms with E-state index >= 15 is 0 Å². The molecule has 1 fully saturated rings. The van der Waals surface area contributed by atoms with Gasteiger partial charge in [-0.15, -0.1) is 0 Å². The molecule has 0 atom stereocenters. The number of hydrogen-bond acceptors (Lipinski definition) is 3. The van der Waals surface area contributed by atoms with Crippen molar-refractivity contribution in [3.8, 4) is 11.5 Å². The lowest BCUT2D eigenvalue weighted by Crippen LogP contribution is -2.30. The molecular weight excluding hydrogens is 276 g/mol. The van der Waals surface area contributed by atoms with Gasteiger partial charge in [-0.2, -0.15) is 0 Å². The molecule has 0 radical (unpaired) electrons.